The molecule has 0 saturated carbocycles. The quantitative estimate of drug-likeness (QED) is 0.435. The third kappa shape index (κ3) is 70.4. The van der Waals surface area contributed by atoms with Crippen molar-refractivity contribution in [2.24, 2.45) is 4.99 Å². The molecular weight excluding hydrogens is 170 g/mol. The van der Waals surface area contributed by atoms with Gasteiger partial charge in [0.25, 0.3) is 0 Å². The van der Waals surface area contributed by atoms with E-state index in [1.54, 1.807) is 0 Å². The second-order valence-electron chi connectivity index (χ2n) is 1.60. The lowest BCUT2D eigenvalue weighted by atomic mass is 10.3. The molecule has 0 aromatic carbocycles. The average Bonchev–Trinajstić information content (AvgIpc) is 2.33. The van der Waals surface area contributed by atoms with E-state index in [9.17, 15) is 0 Å². The van der Waals surface area contributed by atoms with Crippen LogP contribution in [0.3, 0.4) is 0 Å². The Hall–Kier alpha value is -1.11. The number of rotatable bonds is 2. The molecule has 84 valence electrons. The van der Waals surface area contributed by atoms with Gasteiger partial charge in [-0.25, -0.2) is 0 Å². The van der Waals surface area contributed by atoms with Crippen LogP contribution in [0.4, 0.5) is 0 Å². The summed E-state index contributed by atoms with van der Waals surface area (Å²) in [5.74, 6) is 0. The first-order chi connectivity index (χ1) is 6.72. The third-order valence-electron chi connectivity index (χ3n) is 0.906. The van der Waals surface area contributed by atoms with Crippen LogP contribution in [0.15, 0.2) is 42.1 Å². The number of aliphatic imine (C=N–C) groups is 1. The summed E-state index contributed by atoms with van der Waals surface area (Å²) >= 11 is 0. The van der Waals surface area contributed by atoms with E-state index < -0.39 is 0 Å². The van der Waals surface area contributed by atoms with Crippen molar-refractivity contribution in [2.75, 3.05) is 0 Å². The van der Waals surface area contributed by atoms with Crippen molar-refractivity contribution in [3.63, 3.8) is 0 Å². The zero-order valence-corrected chi connectivity index (χ0v) is 10.8. The second-order valence-corrected chi connectivity index (χ2v) is 1.60. The molecule has 0 radical (unpaired) electrons. The Morgan fingerprint density at radius 1 is 1.07 bits per heavy atom. The lowest BCUT2D eigenvalue weighted by Gasteiger charge is -1.78. The van der Waals surface area contributed by atoms with Crippen LogP contribution in [0.2, 0.25) is 0 Å². The standard InChI is InChI=1S/C6H10.C3H5N.2C2H6/c1-4-6(3)5-2;1-3-4-2;2*1-2/h4-5H,1H2,2-3H3;3H,1-2H2;2*1-2H3/b6-5-;;;. The fourth-order valence-electron chi connectivity index (χ4n) is 0.118. The zero-order valence-electron chi connectivity index (χ0n) is 10.8. The lowest BCUT2D eigenvalue weighted by Crippen LogP contribution is -1.57. The van der Waals surface area contributed by atoms with E-state index >= 15 is 0 Å². The van der Waals surface area contributed by atoms with E-state index in [-0.39, 0.29) is 0 Å². The summed E-state index contributed by atoms with van der Waals surface area (Å²) in [5.41, 5.74) is 1.23. The van der Waals surface area contributed by atoms with Gasteiger partial charge in [-0.05, 0) is 20.6 Å². The molecule has 0 rings (SSSR count). The number of nitrogens with zero attached hydrogens (tertiary/aromatic N) is 1. The Morgan fingerprint density at radius 2 is 1.36 bits per heavy atom. The molecule has 0 spiro atoms. The number of hydrogen-bond acceptors (Lipinski definition) is 1. The van der Waals surface area contributed by atoms with Crippen LogP contribution < -0.4 is 0 Å². The maximum absolute atomic E-state index is 3.56. The smallest absolute Gasteiger partial charge is 0.0188 e. The van der Waals surface area contributed by atoms with Gasteiger partial charge in [-0.3, -0.25) is 4.99 Å². The summed E-state index contributed by atoms with van der Waals surface area (Å²) in [7, 11) is 0. The minimum absolute atomic E-state index is 1.23. The molecule has 0 atom stereocenters. The van der Waals surface area contributed by atoms with Crippen LogP contribution in [0, 0.1) is 0 Å². The van der Waals surface area contributed by atoms with Crippen molar-refractivity contribution in [1.29, 1.82) is 0 Å². The first-order valence-corrected chi connectivity index (χ1v) is 5.05. The minimum atomic E-state index is 1.23. The van der Waals surface area contributed by atoms with E-state index in [0.29, 0.717) is 0 Å². The Kier molecular flexibility index (Phi) is 66.9. The molecule has 1 heteroatoms. The van der Waals surface area contributed by atoms with Gasteiger partial charge < -0.3 is 0 Å². The molecule has 0 unspecified atom stereocenters. The van der Waals surface area contributed by atoms with Gasteiger partial charge in [0.15, 0.2) is 0 Å². The summed E-state index contributed by atoms with van der Waals surface area (Å²) in [6, 6.07) is 0. The summed E-state index contributed by atoms with van der Waals surface area (Å²) in [6.07, 6.45) is 5.24. The van der Waals surface area contributed by atoms with Crippen molar-refractivity contribution in [3.05, 3.63) is 37.1 Å². The maximum Gasteiger partial charge on any atom is 0.0188 e. The van der Waals surface area contributed by atoms with Crippen molar-refractivity contribution < 1.29 is 0 Å². The average molecular weight is 197 g/mol. The highest BCUT2D eigenvalue weighted by atomic mass is 14.6. The molecule has 0 bridgehead atoms. The summed E-state index contributed by atoms with van der Waals surface area (Å²) in [5, 5.41) is 0. The summed E-state index contributed by atoms with van der Waals surface area (Å²) in [6.45, 7) is 21.9. The molecule has 0 aliphatic carbocycles. The van der Waals surface area contributed by atoms with E-state index in [0.717, 1.165) is 0 Å². The lowest BCUT2D eigenvalue weighted by molar-refractivity contribution is 1.49. The van der Waals surface area contributed by atoms with Gasteiger partial charge in [0.2, 0.25) is 0 Å². The predicted molar refractivity (Wildman–Crippen MR) is 72.1 cm³/mol. The molecule has 1 nitrogen and oxygen atoms in total. The van der Waals surface area contributed by atoms with Crippen LogP contribution in [0.1, 0.15) is 41.5 Å². The van der Waals surface area contributed by atoms with E-state index in [2.05, 4.69) is 24.9 Å². The van der Waals surface area contributed by atoms with Gasteiger partial charge in [-0.15, -0.1) is 0 Å². The molecule has 0 aliphatic heterocycles. The largest absolute Gasteiger partial charge is 0.273 e. The first-order valence-electron chi connectivity index (χ1n) is 5.05. The minimum Gasteiger partial charge on any atom is -0.273 e. The van der Waals surface area contributed by atoms with Crippen LogP contribution >= 0.6 is 0 Å². The van der Waals surface area contributed by atoms with Crippen molar-refractivity contribution in [1.82, 2.24) is 0 Å². The molecule has 0 aromatic heterocycles. The highest BCUT2D eigenvalue weighted by Crippen LogP contribution is 1.88. The molecule has 0 N–H and O–H groups in total. The van der Waals surface area contributed by atoms with Crippen molar-refractivity contribution >= 4 is 6.72 Å². The van der Waals surface area contributed by atoms with E-state index in [1.165, 1.54) is 11.8 Å². The maximum atomic E-state index is 3.56. The zero-order chi connectivity index (χ0) is 12.4. The van der Waals surface area contributed by atoms with Gasteiger partial charge in [0, 0.05) is 6.20 Å². The molecule has 14 heavy (non-hydrogen) atoms. The highest BCUT2D eigenvalue weighted by molar-refractivity contribution is 5.24. The summed E-state index contributed by atoms with van der Waals surface area (Å²) in [4.78, 5) is 3.25. The van der Waals surface area contributed by atoms with E-state index in [4.69, 9.17) is 0 Å². The summed E-state index contributed by atoms with van der Waals surface area (Å²) < 4.78 is 0. The molecule has 0 aromatic rings. The third-order valence-corrected chi connectivity index (χ3v) is 0.906. The fourth-order valence-corrected chi connectivity index (χ4v) is 0.118. The van der Waals surface area contributed by atoms with Gasteiger partial charge in [-0.2, -0.15) is 0 Å². The van der Waals surface area contributed by atoms with Gasteiger partial charge >= 0.3 is 0 Å². The SMILES string of the molecule is C=C/C(C)=C\C.C=CN=C.CC.CC. The number of allylic oxidation sites excluding steroid dienone is 3. The van der Waals surface area contributed by atoms with Gasteiger partial charge in [-0.1, -0.05) is 58.6 Å². The Morgan fingerprint density at radius 3 is 1.36 bits per heavy atom. The number of hydrogen-bond donors (Lipinski definition) is 0. The Bertz CT molecular complexity index is 126. The molecule has 0 amide bonds. The molecule has 0 heterocycles. The van der Waals surface area contributed by atoms with Gasteiger partial charge in [0.05, 0.1) is 0 Å². The Labute approximate surface area is 91.0 Å². The van der Waals surface area contributed by atoms with Crippen LogP contribution in [-0.4, -0.2) is 6.72 Å². The predicted octanol–water partition coefficient (Wildman–Crippen LogP) is 5.02. The monoisotopic (exact) mass is 197 g/mol. The highest BCUT2D eigenvalue weighted by Gasteiger charge is 1.66. The fraction of sp³-hybridized carbons (Fsp3) is 0.462. The van der Waals surface area contributed by atoms with Gasteiger partial charge in [0.1, 0.15) is 0 Å². The van der Waals surface area contributed by atoms with Crippen LogP contribution in [-0.2, 0) is 0 Å². The molecular formula is C13H27N. The first kappa shape index (κ1) is 23.1. The second kappa shape index (κ2) is 40.6. The molecule has 0 fully saturated rings. The normalized spacial score (nSPS) is 7.14. The molecule has 0 saturated heterocycles. The van der Waals surface area contributed by atoms with Crippen molar-refractivity contribution in [2.45, 2.75) is 41.5 Å². The molecule has 0 aliphatic rings. The van der Waals surface area contributed by atoms with Crippen LogP contribution in [0.25, 0.3) is 0 Å². The van der Waals surface area contributed by atoms with E-state index in [1.807, 2.05) is 53.7 Å². The Balaban J connectivity index is -0.0000000546. The topological polar surface area (TPSA) is 12.4 Å². The van der Waals surface area contributed by atoms with Crippen LogP contribution in [0.5, 0.6) is 0 Å². The van der Waals surface area contributed by atoms with Crippen molar-refractivity contribution in [3.8, 4) is 0 Å².